The number of hydrogen-bond donors (Lipinski definition) is 2. The van der Waals surface area contributed by atoms with Crippen LogP contribution < -0.4 is 10.9 Å². The van der Waals surface area contributed by atoms with E-state index in [1.807, 2.05) is 53.4 Å². The van der Waals surface area contributed by atoms with Gasteiger partial charge in [0.1, 0.15) is 5.82 Å². The second kappa shape index (κ2) is 10.9. The number of carbonyl (C=O) groups excluding carboxylic acids is 2. The number of piperidine rings is 1. The molecule has 1 aromatic heterocycles. The number of aromatic amines is 1. The summed E-state index contributed by atoms with van der Waals surface area (Å²) in [5.41, 5.74) is 1.70. The minimum absolute atomic E-state index is 0.0699. The molecule has 4 rings (SSSR count). The van der Waals surface area contributed by atoms with Gasteiger partial charge in [0.05, 0.1) is 10.9 Å². The minimum Gasteiger partial charge on any atom is -0.353 e. The fraction of sp³-hybridized carbons (Fsp3) is 0.385. The third-order valence-electron chi connectivity index (χ3n) is 6.16. The second-order valence-corrected chi connectivity index (χ2v) is 8.59. The fourth-order valence-corrected chi connectivity index (χ4v) is 4.29. The highest BCUT2D eigenvalue weighted by Crippen LogP contribution is 2.14. The number of aryl methyl sites for hydroxylation is 2. The van der Waals surface area contributed by atoms with Crippen molar-refractivity contribution >= 4 is 22.7 Å². The molecule has 0 radical (unpaired) electrons. The molecular weight excluding hydrogens is 416 g/mol. The first kappa shape index (κ1) is 22.7. The molecule has 0 atom stereocenters. The summed E-state index contributed by atoms with van der Waals surface area (Å²) in [6.07, 6.45) is 4.39. The Bertz CT molecular complexity index is 1150. The molecule has 172 valence electrons. The molecule has 2 heterocycles. The van der Waals surface area contributed by atoms with E-state index in [-0.39, 0.29) is 23.4 Å². The first-order valence-electron chi connectivity index (χ1n) is 11.7. The first-order valence-corrected chi connectivity index (χ1v) is 11.7. The third-order valence-corrected chi connectivity index (χ3v) is 6.16. The van der Waals surface area contributed by atoms with E-state index in [4.69, 9.17) is 0 Å². The molecule has 1 saturated heterocycles. The number of amides is 2. The molecule has 1 aliphatic heterocycles. The number of nitrogens with zero attached hydrogens (tertiary/aromatic N) is 2. The van der Waals surface area contributed by atoms with E-state index < -0.39 is 0 Å². The molecule has 2 aromatic carbocycles. The molecule has 1 aliphatic rings. The number of rotatable bonds is 8. The SMILES string of the molecule is O=C(CCc1ccccc1)NC1CCN(C(=O)CCCc2nc3ccccc3c(=O)[nH]2)CC1. The minimum atomic E-state index is -0.144. The van der Waals surface area contributed by atoms with Gasteiger partial charge in [0.2, 0.25) is 11.8 Å². The van der Waals surface area contributed by atoms with Crippen molar-refractivity contribution in [2.24, 2.45) is 0 Å². The lowest BCUT2D eigenvalue weighted by Crippen LogP contribution is -2.46. The highest BCUT2D eigenvalue weighted by atomic mass is 16.2. The van der Waals surface area contributed by atoms with Gasteiger partial charge in [-0.05, 0) is 43.4 Å². The summed E-state index contributed by atoms with van der Waals surface area (Å²) in [6, 6.07) is 17.4. The normalized spacial score (nSPS) is 14.4. The van der Waals surface area contributed by atoms with Crippen LogP contribution in [0.4, 0.5) is 0 Å². The van der Waals surface area contributed by atoms with Crippen LogP contribution in [0.5, 0.6) is 0 Å². The van der Waals surface area contributed by atoms with E-state index in [0.29, 0.717) is 55.5 Å². The Balaban J connectivity index is 1.17. The van der Waals surface area contributed by atoms with Gasteiger partial charge in [-0.1, -0.05) is 42.5 Å². The maximum absolute atomic E-state index is 12.6. The summed E-state index contributed by atoms with van der Waals surface area (Å²) in [5.74, 6) is 0.802. The summed E-state index contributed by atoms with van der Waals surface area (Å²) >= 11 is 0. The molecule has 1 fully saturated rings. The zero-order valence-electron chi connectivity index (χ0n) is 18.8. The first-order chi connectivity index (χ1) is 16.1. The molecule has 2 N–H and O–H groups in total. The summed E-state index contributed by atoms with van der Waals surface area (Å²) in [6.45, 7) is 1.32. The lowest BCUT2D eigenvalue weighted by Gasteiger charge is -2.32. The van der Waals surface area contributed by atoms with Crippen molar-refractivity contribution in [3.05, 3.63) is 76.3 Å². The number of benzene rings is 2. The Morgan fingerprint density at radius 2 is 1.70 bits per heavy atom. The van der Waals surface area contributed by atoms with Gasteiger partial charge in [-0.2, -0.15) is 0 Å². The van der Waals surface area contributed by atoms with Crippen LogP contribution in [-0.2, 0) is 22.4 Å². The Labute approximate surface area is 193 Å². The summed E-state index contributed by atoms with van der Waals surface area (Å²) in [5, 5.41) is 3.69. The van der Waals surface area contributed by atoms with E-state index in [9.17, 15) is 14.4 Å². The molecule has 0 saturated carbocycles. The predicted molar refractivity (Wildman–Crippen MR) is 128 cm³/mol. The average molecular weight is 447 g/mol. The monoisotopic (exact) mass is 446 g/mol. The zero-order chi connectivity index (χ0) is 23.0. The largest absolute Gasteiger partial charge is 0.353 e. The quantitative estimate of drug-likeness (QED) is 0.556. The number of H-pyrrole nitrogens is 1. The number of nitrogens with one attached hydrogen (secondary N) is 2. The van der Waals surface area contributed by atoms with Crippen molar-refractivity contribution in [1.82, 2.24) is 20.2 Å². The van der Waals surface area contributed by atoms with E-state index in [1.165, 1.54) is 0 Å². The smallest absolute Gasteiger partial charge is 0.258 e. The van der Waals surface area contributed by atoms with E-state index >= 15 is 0 Å². The van der Waals surface area contributed by atoms with Crippen molar-refractivity contribution in [2.75, 3.05) is 13.1 Å². The molecule has 7 nitrogen and oxygen atoms in total. The van der Waals surface area contributed by atoms with Crippen LogP contribution in [0.2, 0.25) is 0 Å². The summed E-state index contributed by atoms with van der Waals surface area (Å²) in [7, 11) is 0. The maximum atomic E-state index is 12.6. The number of para-hydroxylation sites is 1. The van der Waals surface area contributed by atoms with Crippen molar-refractivity contribution < 1.29 is 9.59 Å². The lowest BCUT2D eigenvalue weighted by atomic mass is 10.0. The van der Waals surface area contributed by atoms with Gasteiger partial charge in [-0.3, -0.25) is 14.4 Å². The molecule has 7 heteroatoms. The topological polar surface area (TPSA) is 95.2 Å². The van der Waals surface area contributed by atoms with Crippen molar-refractivity contribution in [2.45, 2.75) is 51.0 Å². The Morgan fingerprint density at radius 1 is 0.970 bits per heavy atom. The molecule has 3 aromatic rings. The number of likely N-dealkylation sites (tertiary alicyclic amines) is 1. The van der Waals surface area contributed by atoms with Crippen molar-refractivity contribution in [3.8, 4) is 0 Å². The number of aromatic nitrogens is 2. The molecule has 0 aliphatic carbocycles. The zero-order valence-corrected chi connectivity index (χ0v) is 18.8. The second-order valence-electron chi connectivity index (χ2n) is 8.59. The Morgan fingerprint density at radius 3 is 2.48 bits per heavy atom. The van der Waals surface area contributed by atoms with Crippen LogP contribution in [0, 0.1) is 0 Å². The van der Waals surface area contributed by atoms with Crippen LogP contribution in [0.15, 0.2) is 59.4 Å². The van der Waals surface area contributed by atoms with E-state index in [0.717, 1.165) is 24.8 Å². The van der Waals surface area contributed by atoms with Gasteiger partial charge in [-0.25, -0.2) is 4.98 Å². The van der Waals surface area contributed by atoms with E-state index in [2.05, 4.69) is 15.3 Å². The fourth-order valence-electron chi connectivity index (χ4n) is 4.29. The van der Waals surface area contributed by atoms with Crippen LogP contribution in [0.1, 0.15) is 43.5 Å². The highest BCUT2D eigenvalue weighted by molar-refractivity contribution is 5.78. The van der Waals surface area contributed by atoms with Crippen molar-refractivity contribution in [3.63, 3.8) is 0 Å². The Kier molecular flexibility index (Phi) is 7.50. The van der Waals surface area contributed by atoms with Gasteiger partial charge >= 0.3 is 0 Å². The maximum Gasteiger partial charge on any atom is 0.258 e. The van der Waals surface area contributed by atoms with Gasteiger partial charge in [-0.15, -0.1) is 0 Å². The number of carbonyl (C=O) groups is 2. The summed E-state index contributed by atoms with van der Waals surface area (Å²) in [4.78, 5) is 46.2. The summed E-state index contributed by atoms with van der Waals surface area (Å²) < 4.78 is 0. The van der Waals surface area contributed by atoms with Gasteiger partial charge in [0.25, 0.3) is 5.56 Å². The molecule has 0 spiro atoms. The predicted octanol–water partition coefficient (Wildman–Crippen LogP) is 2.99. The lowest BCUT2D eigenvalue weighted by molar-refractivity contribution is -0.132. The van der Waals surface area contributed by atoms with E-state index in [1.54, 1.807) is 6.07 Å². The standard InChI is InChI=1S/C26H30N4O3/c31-24(14-13-19-7-2-1-3-8-19)27-20-15-17-30(18-16-20)25(32)12-6-11-23-28-22-10-5-4-9-21(22)26(33)29-23/h1-5,7-10,20H,6,11-18H2,(H,27,31)(H,28,29,33). The third kappa shape index (κ3) is 6.28. The van der Waals surface area contributed by atoms with Crippen LogP contribution in [0.3, 0.4) is 0 Å². The molecule has 2 amide bonds. The van der Waals surface area contributed by atoms with Gasteiger partial charge in [0.15, 0.2) is 0 Å². The Hall–Kier alpha value is -3.48. The van der Waals surface area contributed by atoms with Gasteiger partial charge in [0, 0.05) is 38.4 Å². The highest BCUT2D eigenvalue weighted by Gasteiger charge is 2.23. The van der Waals surface area contributed by atoms with Crippen LogP contribution in [-0.4, -0.2) is 45.8 Å². The molecule has 0 bridgehead atoms. The number of fused-ring (bicyclic) bond motifs is 1. The molecule has 33 heavy (non-hydrogen) atoms. The van der Waals surface area contributed by atoms with Crippen LogP contribution in [0.25, 0.3) is 10.9 Å². The van der Waals surface area contributed by atoms with Crippen molar-refractivity contribution in [1.29, 1.82) is 0 Å². The number of hydrogen-bond acceptors (Lipinski definition) is 4. The average Bonchev–Trinajstić information content (AvgIpc) is 2.84. The van der Waals surface area contributed by atoms with Crippen LogP contribution >= 0.6 is 0 Å². The van der Waals surface area contributed by atoms with Gasteiger partial charge < -0.3 is 15.2 Å². The molecule has 0 unspecified atom stereocenters. The molecular formula is C26H30N4O3.